The maximum Gasteiger partial charge on any atom is 0.315 e. The highest BCUT2D eigenvalue weighted by Gasteiger charge is 2.70. The number of hydrogen-bond donors (Lipinski definition) is 4. The molecule has 282 valence electrons. The van der Waals surface area contributed by atoms with Gasteiger partial charge in [0.25, 0.3) is 16.1 Å². The van der Waals surface area contributed by atoms with Gasteiger partial charge in [-0.25, -0.2) is 4.79 Å². The van der Waals surface area contributed by atoms with E-state index in [9.17, 15) is 32.4 Å². The number of rotatable bonds is 13. The highest BCUT2D eigenvalue weighted by molar-refractivity contribution is 7.86. The molecule has 50 heavy (non-hydrogen) atoms. The van der Waals surface area contributed by atoms with Crippen molar-refractivity contribution in [3.8, 4) is 0 Å². The van der Waals surface area contributed by atoms with Crippen molar-refractivity contribution >= 4 is 39.7 Å². The zero-order valence-corrected chi connectivity index (χ0v) is 32.1. The second-order valence-corrected chi connectivity index (χ2v) is 19.4. The van der Waals surface area contributed by atoms with Gasteiger partial charge in [-0.1, -0.05) is 74.3 Å². The minimum Gasteiger partial charge on any atom is -0.346 e. The first-order valence-corrected chi connectivity index (χ1v) is 19.2. The molecule has 2 heterocycles. The third kappa shape index (κ3) is 8.70. The molecule has 6 atom stereocenters. The molecule has 0 aromatic carbocycles. The van der Waals surface area contributed by atoms with Crippen LogP contribution in [0.3, 0.4) is 0 Å². The van der Waals surface area contributed by atoms with Crippen molar-refractivity contribution in [3.05, 3.63) is 12.7 Å². The summed E-state index contributed by atoms with van der Waals surface area (Å²) in [5.41, 5.74) is -1.49. The molecular formula is C35H59N7O7S. The van der Waals surface area contributed by atoms with E-state index in [1.807, 2.05) is 41.5 Å². The predicted octanol–water partition coefficient (Wildman–Crippen LogP) is 1.64. The van der Waals surface area contributed by atoms with Crippen molar-refractivity contribution in [3.63, 3.8) is 0 Å². The quantitative estimate of drug-likeness (QED) is 0.165. The fourth-order valence-corrected chi connectivity index (χ4v) is 8.82. The molecule has 4 rings (SSSR count). The van der Waals surface area contributed by atoms with Crippen LogP contribution in [0.25, 0.3) is 0 Å². The number of amides is 5. The summed E-state index contributed by atoms with van der Waals surface area (Å²) in [5, 5.41) is 11.2. The first kappa shape index (κ1) is 39.7. The number of carbonyl (C=O) groups is 5. The predicted molar refractivity (Wildman–Crippen MR) is 190 cm³/mol. The third-order valence-corrected chi connectivity index (χ3v) is 13.0. The first-order valence-electron chi connectivity index (χ1n) is 17.8. The second-order valence-electron chi connectivity index (χ2n) is 17.4. The van der Waals surface area contributed by atoms with Crippen LogP contribution in [0, 0.1) is 34.0 Å². The minimum absolute atomic E-state index is 0.0556. The van der Waals surface area contributed by atoms with E-state index >= 15 is 0 Å². The third-order valence-electron chi connectivity index (χ3n) is 11.0. The maximum absolute atomic E-state index is 14.4. The molecule has 5 amide bonds. The van der Waals surface area contributed by atoms with Gasteiger partial charge < -0.3 is 26.2 Å². The highest BCUT2D eigenvalue weighted by Crippen LogP contribution is 2.65. The van der Waals surface area contributed by atoms with E-state index < -0.39 is 74.7 Å². The Balaban J connectivity index is 1.52. The molecule has 2 saturated heterocycles. The summed E-state index contributed by atoms with van der Waals surface area (Å²) in [6.45, 7) is 20.2. The van der Waals surface area contributed by atoms with Gasteiger partial charge in [-0.15, -0.1) is 6.58 Å². The first-order chi connectivity index (χ1) is 23.0. The van der Waals surface area contributed by atoms with E-state index in [0.29, 0.717) is 32.5 Å². The molecule has 14 nitrogen and oxygen atoms in total. The molecule has 0 radical (unpaired) electrons. The van der Waals surface area contributed by atoms with Gasteiger partial charge >= 0.3 is 6.03 Å². The van der Waals surface area contributed by atoms with Gasteiger partial charge in [0.1, 0.15) is 12.1 Å². The number of Topliss-reactive ketones (excluding diaryl/α,β-unsaturated/α-hetero) is 1. The summed E-state index contributed by atoms with van der Waals surface area (Å²) >= 11 is 0. The average Bonchev–Trinajstić information content (AvgIpc) is 3.86. The number of likely N-dealkylation sites (tertiary alicyclic amines) is 1. The molecular weight excluding hydrogens is 662 g/mol. The van der Waals surface area contributed by atoms with E-state index in [0.717, 1.165) is 12.8 Å². The van der Waals surface area contributed by atoms with Crippen LogP contribution in [0.15, 0.2) is 12.7 Å². The number of carbonyl (C=O) groups excluding carboxylic acids is 5. The molecule has 2 aliphatic carbocycles. The fourth-order valence-electron chi connectivity index (χ4n) is 7.37. The Bertz CT molecular complexity index is 1460. The van der Waals surface area contributed by atoms with E-state index in [4.69, 9.17) is 0 Å². The van der Waals surface area contributed by atoms with Gasteiger partial charge in [0.15, 0.2) is 0 Å². The molecule has 0 aromatic heterocycles. The van der Waals surface area contributed by atoms with E-state index in [1.54, 1.807) is 0 Å². The topological polar surface area (TPSA) is 177 Å². The van der Waals surface area contributed by atoms with Crippen molar-refractivity contribution in [1.82, 2.24) is 34.8 Å². The van der Waals surface area contributed by atoms with Crippen molar-refractivity contribution in [1.29, 1.82) is 0 Å². The molecule has 4 N–H and O–H groups in total. The van der Waals surface area contributed by atoms with Gasteiger partial charge in [0.05, 0.1) is 6.04 Å². The van der Waals surface area contributed by atoms with Crippen molar-refractivity contribution < 1.29 is 32.4 Å². The second kappa shape index (κ2) is 14.5. The van der Waals surface area contributed by atoms with Gasteiger partial charge in [0, 0.05) is 45.8 Å². The summed E-state index contributed by atoms with van der Waals surface area (Å²) in [6, 6.07) is -4.13. The summed E-state index contributed by atoms with van der Waals surface area (Å²) in [7, 11) is -2.13. The Kier molecular flexibility index (Phi) is 11.5. The largest absolute Gasteiger partial charge is 0.346 e. The number of urea groups is 1. The van der Waals surface area contributed by atoms with Gasteiger partial charge in [-0.3, -0.25) is 19.2 Å². The maximum atomic E-state index is 14.4. The van der Waals surface area contributed by atoms with Crippen LogP contribution < -0.4 is 21.3 Å². The summed E-state index contributed by atoms with van der Waals surface area (Å²) in [5.74, 6) is -2.27. The molecule has 4 fully saturated rings. The van der Waals surface area contributed by atoms with Crippen LogP contribution in [0.1, 0.15) is 81.1 Å². The molecule has 0 bridgehead atoms. The molecule has 15 heteroatoms. The minimum atomic E-state index is -3.67. The average molecular weight is 722 g/mol. The van der Waals surface area contributed by atoms with Crippen molar-refractivity contribution in [2.75, 3.05) is 39.8 Å². The number of hydrogen-bond acceptors (Lipinski definition) is 7. The molecule has 4 aliphatic rings. The lowest BCUT2D eigenvalue weighted by molar-refractivity contribution is -0.145. The number of nitrogens with zero attached hydrogens (tertiary/aromatic N) is 3. The summed E-state index contributed by atoms with van der Waals surface area (Å²) in [4.78, 5) is 69.5. The molecule has 0 aromatic rings. The summed E-state index contributed by atoms with van der Waals surface area (Å²) in [6.07, 6.45) is 4.32. The number of nitrogens with one attached hydrogen (secondary N) is 4. The van der Waals surface area contributed by atoms with Crippen LogP contribution in [0.4, 0.5) is 4.79 Å². The number of fused-ring (bicyclic) bond motifs is 1. The van der Waals surface area contributed by atoms with Crippen molar-refractivity contribution in [2.45, 2.75) is 105 Å². The number of ketones is 1. The van der Waals surface area contributed by atoms with E-state index in [2.05, 4.69) is 41.7 Å². The van der Waals surface area contributed by atoms with E-state index in [-0.39, 0.29) is 36.3 Å². The van der Waals surface area contributed by atoms with Crippen LogP contribution in [-0.4, -0.2) is 115 Å². The van der Waals surface area contributed by atoms with Crippen LogP contribution >= 0.6 is 0 Å². The zero-order valence-electron chi connectivity index (χ0n) is 31.3. The molecule has 2 unspecified atom stereocenters. The van der Waals surface area contributed by atoms with Gasteiger partial charge in [0.2, 0.25) is 17.6 Å². The van der Waals surface area contributed by atoms with Crippen LogP contribution in [0.2, 0.25) is 0 Å². The zero-order chi connectivity index (χ0) is 37.6. The SMILES string of the molecule is C=CCNC(=O)C(=O)C(CC1CC1)NC(=O)C1[C@@H]2[C@H](CN1C(=O)[C@@H](NC(=O)N[C@H](CN1CCCN(C)S1(=O)=O)C(C)(C)C)C(C)(C)C)C2(C)C. The Labute approximate surface area is 298 Å². The van der Waals surface area contributed by atoms with E-state index in [1.165, 1.54) is 26.6 Å². The fraction of sp³-hybridized carbons (Fsp3) is 0.800. The normalized spacial score (nSPS) is 26.5. The van der Waals surface area contributed by atoms with Gasteiger partial charge in [-0.2, -0.15) is 17.0 Å². The molecule has 2 aliphatic heterocycles. The Morgan fingerprint density at radius 1 is 0.960 bits per heavy atom. The smallest absolute Gasteiger partial charge is 0.315 e. The molecule has 0 spiro atoms. The summed E-state index contributed by atoms with van der Waals surface area (Å²) < 4.78 is 28.7. The Hall–Kier alpha value is -3.04. The molecule has 2 saturated carbocycles. The van der Waals surface area contributed by atoms with Crippen molar-refractivity contribution in [2.24, 2.45) is 34.0 Å². The standard InChI is InChI=1S/C35H59N7O7S/c1-11-15-36-30(45)27(43)23(18-21-13-14-21)37-29(44)26-25-22(35(25,8)9)19-42(26)31(46)28(34(5,6)7)39-32(47)38-24(33(2,3)4)20-41-17-12-16-40(10)50(41,48)49/h11,21-26,28H,1,12-20H2,2-10H3,(H,36,45)(H,37,44)(H2,38,39,47)/t22-,23?,24+,25-,26?,28+/m0/s1. The Morgan fingerprint density at radius 2 is 1.60 bits per heavy atom. The Morgan fingerprint density at radius 3 is 2.16 bits per heavy atom. The van der Waals surface area contributed by atoms with Gasteiger partial charge in [-0.05, 0) is 46.8 Å². The lowest BCUT2D eigenvalue weighted by Crippen LogP contribution is -2.63. The highest BCUT2D eigenvalue weighted by atomic mass is 32.2. The van der Waals surface area contributed by atoms with Crippen LogP contribution in [0.5, 0.6) is 0 Å². The lowest BCUT2D eigenvalue weighted by Gasteiger charge is -2.40. The van der Waals surface area contributed by atoms with Crippen LogP contribution in [-0.2, 0) is 29.4 Å². The number of piperidine rings is 1. The monoisotopic (exact) mass is 721 g/mol. The lowest BCUT2D eigenvalue weighted by atomic mass is 9.85.